The average molecular weight is 332 g/mol. The number of hydrogen-bond acceptors (Lipinski definition) is 7. The Bertz CT molecular complexity index is 815. The third-order valence-electron chi connectivity index (χ3n) is 2.91. The fourth-order valence-corrected chi connectivity index (χ4v) is 1.76. The van der Waals surface area contributed by atoms with Crippen molar-refractivity contribution in [2.24, 2.45) is 0 Å². The van der Waals surface area contributed by atoms with Gasteiger partial charge in [-0.3, -0.25) is 0 Å². The number of carboxylic acid groups (broad SMARTS) is 1. The van der Waals surface area contributed by atoms with E-state index in [1.807, 2.05) is 0 Å². The number of phenolic OH excluding ortho intramolecular Hbond substituents is 4. The number of hydrogen-bond donors (Lipinski definition) is 5. The zero-order chi connectivity index (χ0) is 17.9. The SMILES string of the molecule is O=C(O)/C=C/c1ccc(O)c(OC(=O)c2cc(O)c(O)c(O)c2)c1. The van der Waals surface area contributed by atoms with Crippen LogP contribution in [-0.4, -0.2) is 37.5 Å². The molecule has 0 saturated heterocycles. The van der Waals surface area contributed by atoms with Crippen LogP contribution >= 0.6 is 0 Å². The Balaban J connectivity index is 2.28. The van der Waals surface area contributed by atoms with Crippen LogP contribution in [-0.2, 0) is 4.79 Å². The van der Waals surface area contributed by atoms with E-state index in [0.29, 0.717) is 5.56 Å². The molecular formula is C16H12O8. The van der Waals surface area contributed by atoms with Crippen molar-refractivity contribution in [1.82, 2.24) is 0 Å². The van der Waals surface area contributed by atoms with E-state index < -0.39 is 29.2 Å². The van der Waals surface area contributed by atoms with Crippen LogP contribution in [0, 0.1) is 0 Å². The second-order valence-electron chi connectivity index (χ2n) is 4.65. The lowest BCUT2D eigenvalue weighted by Gasteiger charge is -2.08. The van der Waals surface area contributed by atoms with Crippen LogP contribution in [0.15, 0.2) is 36.4 Å². The monoisotopic (exact) mass is 332 g/mol. The van der Waals surface area contributed by atoms with Crippen molar-refractivity contribution in [1.29, 1.82) is 0 Å². The van der Waals surface area contributed by atoms with Gasteiger partial charge in [0.05, 0.1) is 5.56 Å². The highest BCUT2D eigenvalue weighted by atomic mass is 16.5. The van der Waals surface area contributed by atoms with E-state index in [0.717, 1.165) is 18.2 Å². The zero-order valence-electron chi connectivity index (χ0n) is 12.0. The Morgan fingerprint density at radius 1 is 0.917 bits per heavy atom. The Labute approximate surface area is 135 Å². The summed E-state index contributed by atoms with van der Waals surface area (Å²) in [6.07, 6.45) is 2.10. The van der Waals surface area contributed by atoms with Crippen molar-refractivity contribution in [3.8, 4) is 28.7 Å². The Hall–Kier alpha value is -3.68. The van der Waals surface area contributed by atoms with Gasteiger partial charge in [-0.05, 0) is 35.9 Å². The van der Waals surface area contributed by atoms with E-state index in [-0.39, 0.29) is 17.1 Å². The lowest BCUT2D eigenvalue weighted by Crippen LogP contribution is -2.08. The lowest BCUT2D eigenvalue weighted by molar-refractivity contribution is -0.131. The van der Waals surface area contributed by atoms with E-state index in [9.17, 15) is 30.0 Å². The second kappa shape index (κ2) is 6.61. The van der Waals surface area contributed by atoms with E-state index in [2.05, 4.69) is 0 Å². The Morgan fingerprint density at radius 3 is 2.12 bits per heavy atom. The summed E-state index contributed by atoms with van der Waals surface area (Å²) in [5.74, 6) is -5.03. The highest BCUT2D eigenvalue weighted by Gasteiger charge is 2.17. The molecule has 0 aliphatic carbocycles. The molecule has 2 rings (SSSR count). The van der Waals surface area contributed by atoms with Gasteiger partial charge in [0.2, 0.25) is 0 Å². The van der Waals surface area contributed by atoms with Gasteiger partial charge in [0.25, 0.3) is 0 Å². The van der Waals surface area contributed by atoms with Crippen molar-refractivity contribution < 1.29 is 39.9 Å². The standard InChI is InChI=1S/C16H12O8/c17-10-3-1-8(2-4-14(20)21)5-13(10)24-16(23)9-6-11(18)15(22)12(19)7-9/h1-7,17-19,22H,(H,20,21)/b4-2+. The summed E-state index contributed by atoms with van der Waals surface area (Å²) < 4.78 is 4.95. The molecule has 5 N–H and O–H groups in total. The number of carbonyl (C=O) groups excluding carboxylic acids is 1. The number of aromatic hydroxyl groups is 4. The molecule has 0 atom stereocenters. The first-order valence-corrected chi connectivity index (χ1v) is 6.49. The highest BCUT2D eigenvalue weighted by molar-refractivity contribution is 5.93. The Kier molecular flexibility index (Phi) is 4.60. The van der Waals surface area contributed by atoms with Crippen molar-refractivity contribution in [2.45, 2.75) is 0 Å². The molecule has 0 aromatic heterocycles. The summed E-state index contributed by atoms with van der Waals surface area (Å²) >= 11 is 0. The van der Waals surface area contributed by atoms with E-state index in [1.165, 1.54) is 24.3 Å². The van der Waals surface area contributed by atoms with Crippen molar-refractivity contribution in [3.63, 3.8) is 0 Å². The van der Waals surface area contributed by atoms with Crippen LogP contribution in [0.3, 0.4) is 0 Å². The van der Waals surface area contributed by atoms with Crippen molar-refractivity contribution in [2.75, 3.05) is 0 Å². The summed E-state index contributed by atoms with van der Waals surface area (Å²) in [4.78, 5) is 22.5. The lowest BCUT2D eigenvalue weighted by atomic mass is 10.1. The summed E-state index contributed by atoms with van der Waals surface area (Å²) in [6.45, 7) is 0. The molecular weight excluding hydrogens is 320 g/mol. The second-order valence-corrected chi connectivity index (χ2v) is 4.65. The number of rotatable bonds is 4. The molecule has 0 radical (unpaired) electrons. The molecule has 24 heavy (non-hydrogen) atoms. The molecule has 0 amide bonds. The number of esters is 1. The molecule has 2 aromatic rings. The zero-order valence-corrected chi connectivity index (χ0v) is 12.0. The van der Waals surface area contributed by atoms with Crippen molar-refractivity contribution >= 4 is 18.0 Å². The molecule has 124 valence electrons. The van der Waals surface area contributed by atoms with Gasteiger partial charge in [0.15, 0.2) is 28.7 Å². The normalized spacial score (nSPS) is 10.7. The van der Waals surface area contributed by atoms with Crippen LogP contribution in [0.5, 0.6) is 28.7 Å². The molecule has 0 spiro atoms. The minimum Gasteiger partial charge on any atom is -0.504 e. The maximum atomic E-state index is 12.0. The predicted octanol–water partition coefficient (Wildman–Crippen LogP) is 1.83. The first kappa shape index (κ1) is 16.7. The van der Waals surface area contributed by atoms with E-state index in [4.69, 9.17) is 9.84 Å². The minimum absolute atomic E-state index is 0.250. The van der Waals surface area contributed by atoms with Crippen molar-refractivity contribution in [3.05, 3.63) is 47.5 Å². The summed E-state index contributed by atoms with van der Waals surface area (Å²) in [5.41, 5.74) is 0.0862. The smallest absolute Gasteiger partial charge is 0.343 e. The molecule has 0 heterocycles. The van der Waals surface area contributed by atoms with Gasteiger partial charge < -0.3 is 30.3 Å². The van der Waals surface area contributed by atoms with Crippen LogP contribution in [0.1, 0.15) is 15.9 Å². The van der Waals surface area contributed by atoms with Gasteiger partial charge in [-0.1, -0.05) is 6.07 Å². The largest absolute Gasteiger partial charge is 0.504 e. The van der Waals surface area contributed by atoms with Crippen LogP contribution in [0.25, 0.3) is 6.08 Å². The topological polar surface area (TPSA) is 145 Å². The Morgan fingerprint density at radius 2 is 1.54 bits per heavy atom. The third kappa shape index (κ3) is 3.74. The summed E-state index contributed by atoms with van der Waals surface area (Å²) in [7, 11) is 0. The van der Waals surface area contributed by atoms with E-state index in [1.54, 1.807) is 0 Å². The molecule has 2 aromatic carbocycles. The molecule has 8 nitrogen and oxygen atoms in total. The fourth-order valence-electron chi connectivity index (χ4n) is 1.76. The fraction of sp³-hybridized carbons (Fsp3) is 0. The van der Waals surface area contributed by atoms with Gasteiger partial charge in [-0.15, -0.1) is 0 Å². The number of carboxylic acids is 1. The van der Waals surface area contributed by atoms with Crippen LogP contribution in [0.2, 0.25) is 0 Å². The molecule has 0 fully saturated rings. The molecule has 0 bridgehead atoms. The maximum Gasteiger partial charge on any atom is 0.343 e. The van der Waals surface area contributed by atoms with Crippen LogP contribution in [0.4, 0.5) is 0 Å². The first-order chi connectivity index (χ1) is 11.3. The third-order valence-corrected chi connectivity index (χ3v) is 2.91. The number of benzene rings is 2. The molecule has 0 aliphatic rings. The highest BCUT2D eigenvalue weighted by Crippen LogP contribution is 2.36. The van der Waals surface area contributed by atoms with Gasteiger partial charge >= 0.3 is 11.9 Å². The van der Waals surface area contributed by atoms with Gasteiger partial charge in [0, 0.05) is 6.08 Å². The minimum atomic E-state index is -1.17. The average Bonchev–Trinajstić information content (AvgIpc) is 2.52. The van der Waals surface area contributed by atoms with Gasteiger partial charge in [-0.2, -0.15) is 0 Å². The maximum absolute atomic E-state index is 12.0. The molecule has 0 aliphatic heterocycles. The summed E-state index contributed by atoms with van der Waals surface area (Å²) in [5, 5.41) is 46.3. The molecule has 8 heteroatoms. The van der Waals surface area contributed by atoms with Gasteiger partial charge in [-0.25, -0.2) is 9.59 Å². The summed E-state index contributed by atoms with van der Waals surface area (Å²) in [6, 6.07) is 5.60. The predicted molar refractivity (Wildman–Crippen MR) is 81.2 cm³/mol. The quantitative estimate of drug-likeness (QED) is 0.247. The number of ether oxygens (including phenoxy) is 1. The van der Waals surface area contributed by atoms with Gasteiger partial charge in [0.1, 0.15) is 0 Å². The molecule has 0 unspecified atom stereocenters. The van der Waals surface area contributed by atoms with E-state index >= 15 is 0 Å². The first-order valence-electron chi connectivity index (χ1n) is 6.49. The number of phenols is 4. The molecule has 0 saturated carbocycles. The number of aliphatic carboxylic acids is 1. The van der Waals surface area contributed by atoms with Crippen LogP contribution < -0.4 is 4.74 Å². The number of carbonyl (C=O) groups is 2.